The van der Waals surface area contributed by atoms with Crippen LogP contribution in [0, 0.1) is 0 Å². The van der Waals surface area contributed by atoms with Crippen LogP contribution in [0.5, 0.6) is 0 Å². The summed E-state index contributed by atoms with van der Waals surface area (Å²) in [5.41, 5.74) is 0. The number of thioether (sulfide) groups is 1. The minimum atomic E-state index is 0.427. The molecule has 2 nitrogen and oxygen atoms in total. The number of hydrogen-bond acceptors (Lipinski definition) is 3. The number of carbonyl (C=O) groups is 1. The maximum absolute atomic E-state index is 10.2. The van der Waals surface area contributed by atoms with Crippen molar-refractivity contribution in [1.29, 1.82) is 0 Å². The van der Waals surface area contributed by atoms with Gasteiger partial charge in [0, 0.05) is 30.0 Å². The van der Waals surface area contributed by atoms with Crippen LogP contribution in [-0.2, 0) is 4.79 Å². The van der Waals surface area contributed by atoms with E-state index in [-0.39, 0.29) is 0 Å². The van der Waals surface area contributed by atoms with E-state index >= 15 is 0 Å². The van der Waals surface area contributed by atoms with Gasteiger partial charge >= 0.3 is 0 Å². The molecule has 0 aliphatic carbocycles. The van der Waals surface area contributed by atoms with Crippen molar-refractivity contribution in [1.82, 2.24) is 4.90 Å². The van der Waals surface area contributed by atoms with Crippen LogP contribution in [0.25, 0.3) is 0 Å². The molecule has 0 amide bonds. The molecule has 13 heavy (non-hydrogen) atoms. The molecular weight excluding hydrogens is 182 g/mol. The van der Waals surface area contributed by atoms with Gasteiger partial charge in [0.05, 0.1) is 0 Å². The molecular formula is C10H19NOS. The molecule has 76 valence electrons. The van der Waals surface area contributed by atoms with Gasteiger partial charge in [0.1, 0.15) is 6.29 Å². The minimum absolute atomic E-state index is 0.427. The lowest BCUT2D eigenvalue weighted by Crippen LogP contribution is -2.28. The maximum Gasteiger partial charge on any atom is 0.121 e. The molecule has 1 aliphatic heterocycles. The normalized spacial score (nSPS) is 23.8. The quantitative estimate of drug-likeness (QED) is 0.649. The highest BCUT2D eigenvalue weighted by atomic mass is 32.2. The number of nitrogens with zero attached hydrogens (tertiary/aromatic N) is 1. The monoisotopic (exact) mass is 201 g/mol. The second-order valence-electron chi connectivity index (χ2n) is 4.16. The van der Waals surface area contributed by atoms with Crippen LogP contribution in [0.15, 0.2) is 0 Å². The second kappa shape index (κ2) is 5.01. The van der Waals surface area contributed by atoms with Crippen molar-refractivity contribution in [3.63, 3.8) is 0 Å². The third-order valence-corrected chi connectivity index (χ3v) is 3.87. The first-order chi connectivity index (χ1) is 6.14. The Hall–Kier alpha value is -0.0200. The lowest BCUT2D eigenvalue weighted by molar-refractivity contribution is -0.108. The summed E-state index contributed by atoms with van der Waals surface area (Å²) >= 11 is 2.05. The molecule has 0 spiro atoms. The molecule has 0 unspecified atom stereocenters. The van der Waals surface area contributed by atoms with E-state index in [4.69, 9.17) is 0 Å². The minimum Gasteiger partial charge on any atom is -0.303 e. The summed E-state index contributed by atoms with van der Waals surface area (Å²) in [5.74, 6) is 1.20. The summed E-state index contributed by atoms with van der Waals surface area (Å²) < 4.78 is 0.427. The molecule has 0 atom stereocenters. The predicted octanol–water partition coefficient (Wildman–Crippen LogP) is 1.79. The van der Waals surface area contributed by atoms with Gasteiger partial charge in [0.25, 0.3) is 0 Å². The molecule has 0 N–H and O–H groups in total. The third kappa shape index (κ3) is 4.14. The zero-order chi connectivity index (χ0) is 9.73. The van der Waals surface area contributed by atoms with Crippen molar-refractivity contribution >= 4 is 18.0 Å². The second-order valence-corrected chi connectivity index (χ2v) is 5.96. The van der Waals surface area contributed by atoms with Crippen LogP contribution in [0.2, 0.25) is 0 Å². The van der Waals surface area contributed by atoms with Gasteiger partial charge in [-0.3, -0.25) is 0 Å². The first kappa shape index (κ1) is 11.1. The Morgan fingerprint density at radius 3 is 2.92 bits per heavy atom. The summed E-state index contributed by atoms with van der Waals surface area (Å²) in [5, 5.41) is 0. The molecule has 0 bridgehead atoms. The average Bonchev–Trinajstić information content (AvgIpc) is 2.23. The van der Waals surface area contributed by atoms with E-state index in [2.05, 4.69) is 18.7 Å². The Morgan fingerprint density at radius 2 is 2.23 bits per heavy atom. The summed E-state index contributed by atoms with van der Waals surface area (Å²) in [7, 11) is 0. The molecule has 0 radical (unpaired) electrons. The highest BCUT2D eigenvalue weighted by Gasteiger charge is 2.22. The van der Waals surface area contributed by atoms with Crippen molar-refractivity contribution in [3.8, 4) is 0 Å². The van der Waals surface area contributed by atoms with Gasteiger partial charge < -0.3 is 9.69 Å². The Morgan fingerprint density at radius 1 is 1.46 bits per heavy atom. The van der Waals surface area contributed by atoms with Gasteiger partial charge in [-0.15, -0.1) is 0 Å². The Balaban J connectivity index is 2.31. The fraction of sp³-hybridized carbons (Fsp3) is 0.900. The molecule has 0 saturated carbocycles. The van der Waals surface area contributed by atoms with Crippen molar-refractivity contribution in [3.05, 3.63) is 0 Å². The largest absolute Gasteiger partial charge is 0.303 e. The van der Waals surface area contributed by atoms with Gasteiger partial charge in [-0.25, -0.2) is 0 Å². The van der Waals surface area contributed by atoms with E-state index in [1.54, 1.807) is 0 Å². The molecule has 1 fully saturated rings. The summed E-state index contributed by atoms with van der Waals surface area (Å²) in [4.78, 5) is 12.6. The van der Waals surface area contributed by atoms with Gasteiger partial charge in [-0.1, -0.05) is 13.8 Å². The van der Waals surface area contributed by atoms with Gasteiger partial charge in [0.2, 0.25) is 0 Å². The van der Waals surface area contributed by atoms with E-state index in [1.165, 1.54) is 12.2 Å². The summed E-state index contributed by atoms with van der Waals surface area (Å²) in [6.45, 7) is 7.84. The highest BCUT2D eigenvalue weighted by molar-refractivity contribution is 8.00. The standard InChI is InChI=1S/C10H19NOS/c1-10(2)4-6-11(5-3-8-12)7-9-13-10/h8H,3-7,9H2,1-2H3. The highest BCUT2D eigenvalue weighted by Crippen LogP contribution is 2.30. The van der Waals surface area contributed by atoms with Gasteiger partial charge in [0.15, 0.2) is 0 Å². The summed E-state index contributed by atoms with van der Waals surface area (Å²) in [6.07, 6.45) is 2.94. The number of carbonyl (C=O) groups excluding carboxylic acids is 1. The molecule has 0 aromatic heterocycles. The summed E-state index contributed by atoms with van der Waals surface area (Å²) in [6, 6.07) is 0. The van der Waals surface area contributed by atoms with E-state index < -0.39 is 0 Å². The zero-order valence-electron chi connectivity index (χ0n) is 8.58. The van der Waals surface area contributed by atoms with Crippen molar-refractivity contribution < 1.29 is 4.79 Å². The number of aldehydes is 1. The third-order valence-electron chi connectivity index (χ3n) is 2.49. The van der Waals surface area contributed by atoms with Crippen molar-refractivity contribution in [2.45, 2.75) is 31.4 Å². The van der Waals surface area contributed by atoms with E-state index in [0.717, 1.165) is 25.9 Å². The van der Waals surface area contributed by atoms with Crippen LogP contribution < -0.4 is 0 Å². The Kier molecular flexibility index (Phi) is 4.26. The van der Waals surface area contributed by atoms with Crippen LogP contribution in [0.3, 0.4) is 0 Å². The fourth-order valence-electron chi connectivity index (χ4n) is 1.52. The van der Waals surface area contributed by atoms with Crippen molar-refractivity contribution in [2.24, 2.45) is 0 Å². The van der Waals surface area contributed by atoms with Crippen molar-refractivity contribution in [2.75, 3.05) is 25.4 Å². The lowest BCUT2D eigenvalue weighted by Gasteiger charge is -2.21. The predicted molar refractivity (Wildman–Crippen MR) is 58.3 cm³/mol. The van der Waals surface area contributed by atoms with E-state index in [0.29, 0.717) is 11.2 Å². The molecule has 0 aromatic carbocycles. The smallest absolute Gasteiger partial charge is 0.121 e. The molecule has 1 heterocycles. The molecule has 1 saturated heterocycles. The zero-order valence-corrected chi connectivity index (χ0v) is 9.40. The first-order valence-corrected chi connectivity index (χ1v) is 5.92. The lowest BCUT2D eigenvalue weighted by atomic mass is 10.1. The molecule has 3 heteroatoms. The molecule has 1 rings (SSSR count). The van der Waals surface area contributed by atoms with Gasteiger partial charge in [-0.2, -0.15) is 11.8 Å². The van der Waals surface area contributed by atoms with E-state index in [9.17, 15) is 4.79 Å². The van der Waals surface area contributed by atoms with Crippen LogP contribution in [0.4, 0.5) is 0 Å². The SMILES string of the molecule is CC1(C)CCN(CCC=O)CCS1. The fourth-order valence-corrected chi connectivity index (χ4v) is 2.66. The van der Waals surface area contributed by atoms with Crippen LogP contribution in [-0.4, -0.2) is 41.3 Å². The first-order valence-electron chi connectivity index (χ1n) is 4.94. The average molecular weight is 201 g/mol. The van der Waals surface area contributed by atoms with E-state index in [1.807, 2.05) is 11.8 Å². The van der Waals surface area contributed by atoms with Crippen LogP contribution in [0.1, 0.15) is 26.7 Å². The molecule has 1 aliphatic rings. The molecule has 0 aromatic rings. The topological polar surface area (TPSA) is 20.3 Å². The Labute approximate surface area is 85.1 Å². The number of rotatable bonds is 3. The van der Waals surface area contributed by atoms with Crippen LogP contribution >= 0.6 is 11.8 Å². The Bertz CT molecular complexity index is 170. The number of hydrogen-bond donors (Lipinski definition) is 0. The van der Waals surface area contributed by atoms with Gasteiger partial charge in [-0.05, 0) is 13.0 Å². The maximum atomic E-state index is 10.2.